The molecule has 4 N–H and O–H groups in total. The van der Waals surface area contributed by atoms with Crippen molar-refractivity contribution in [3.05, 3.63) is 35.9 Å². The third-order valence-electron chi connectivity index (χ3n) is 13.8. The van der Waals surface area contributed by atoms with Gasteiger partial charge in [0.05, 0.1) is 54.1 Å². The SMILES string of the molecule is CCC1OC(=O)[C@H](C)[C@@H](O[C@H]2C[C@@](C)(OC)[C@@H](O)[C@H](C)O2)[C@@H](C)[C@@H](O[C@@H]2O[C@H](C)C[C@H]3[C@H]2OC(=NCc2ccccc2)N3C)[C@](C)(O)C[C@@H](C)CN(C)[C@H](C)[C@@H](O)[C@]1(C)O. The zero-order valence-electron chi connectivity index (χ0n) is 38.2. The smallest absolute Gasteiger partial charge is 0.311 e. The molecule has 4 aliphatic heterocycles. The van der Waals surface area contributed by atoms with Crippen LogP contribution in [0.2, 0.25) is 0 Å². The number of ether oxygens (including phenoxy) is 7. The number of carbonyl (C=O) groups excluding carboxylic acids is 1. The number of likely N-dealkylation sites (N-methyl/N-ethyl adjacent to an activating group) is 2. The molecular formula is C45H75N3O12. The number of aliphatic hydroxyl groups is 4. The average Bonchev–Trinajstić information content (AvgIpc) is 3.51. The molecule has 342 valence electrons. The highest BCUT2D eigenvalue weighted by atomic mass is 16.7. The molecule has 0 spiro atoms. The summed E-state index contributed by atoms with van der Waals surface area (Å²) in [6.07, 6.45) is -7.41. The van der Waals surface area contributed by atoms with Gasteiger partial charge in [-0.1, -0.05) is 51.1 Å². The fourth-order valence-corrected chi connectivity index (χ4v) is 9.96. The van der Waals surface area contributed by atoms with Gasteiger partial charge in [-0.15, -0.1) is 0 Å². The Labute approximate surface area is 357 Å². The number of fused-ring (bicyclic) bond motifs is 1. The lowest BCUT2D eigenvalue weighted by atomic mass is 9.77. The number of carbonyl (C=O) groups is 1. The predicted molar refractivity (Wildman–Crippen MR) is 225 cm³/mol. The van der Waals surface area contributed by atoms with Gasteiger partial charge in [-0.05, 0) is 86.3 Å². The van der Waals surface area contributed by atoms with E-state index in [1.54, 1.807) is 34.6 Å². The first-order valence-corrected chi connectivity index (χ1v) is 21.9. The van der Waals surface area contributed by atoms with Crippen LogP contribution in [-0.2, 0) is 44.5 Å². The number of aliphatic imine (C=N–C) groups is 1. The standard InChI is InChI=1S/C45H75N3O12/c1-14-33-45(10,53)37(49)29(6)47(11)24-25(2)21-43(8,52)39(27(4)35(28(5)40(51)57-33)58-34-22-44(9,54-13)38(50)30(7)56-34)60-41-36-32(20-26(3)55-41)48(12)42(59-36)46-23-31-18-16-15-17-19-31/h15-19,25-30,32-39,41,49-50,52-53H,14,20-24H2,1-13H3/t25-,26-,27-,28-,29-,30+,32+,33?,34+,35+,36-,37-,38+,39-,41+,43-,44-,45-/m1/s1. The third-order valence-corrected chi connectivity index (χ3v) is 13.8. The van der Waals surface area contributed by atoms with Crippen LogP contribution in [-0.4, -0.2) is 160 Å². The normalized spacial score (nSPS) is 46.0. The third kappa shape index (κ3) is 10.5. The quantitative estimate of drug-likeness (QED) is 0.277. The van der Waals surface area contributed by atoms with Crippen LogP contribution in [0.3, 0.4) is 0 Å². The van der Waals surface area contributed by atoms with Gasteiger partial charge in [0.2, 0.25) is 0 Å². The first kappa shape index (κ1) is 48.6. The highest BCUT2D eigenvalue weighted by Crippen LogP contribution is 2.41. The van der Waals surface area contributed by atoms with Gasteiger partial charge in [0.1, 0.15) is 23.9 Å². The minimum absolute atomic E-state index is 0.133. The van der Waals surface area contributed by atoms with E-state index < -0.39 is 96.0 Å². The molecule has 1 aromatic carbocycles. The minimum atomic E-state index is -1.80. The number of cyclic esters (lactones) is 1. The van der Waals surface area contributed by atoms with Crippen LogP contribution >= 0.6 is 0 Å². The van der Waals surface area contributed by atoms with E-state index in [2.05, 4.69) is 0 Å². The molecular weight excluding hydrogens is 775 g/mol. The van der Waals surface area contributed by atoms with Crippen LogP contribution in [0.1, 0.15) is 100 Å². The summed E-state index contributed by atoms with van der Waals surface area (Å²) >= 11 is 0. The lowest BCUT2D eigenvalue weighted by Gasteiger charge is -2.48. The Morgan fingerprint density at radius 1 is 0.917 bits per heavy atom. The molecule has 4 heterocycles. The molecule has 1 aromatic rings. The zero-order chi connectivity index (χ0) is 44.5. The van der Waals surface area contributed by atoms with Crippen LogP contribution in [0.25, 0.3) is 0 Å². The first-order valence-electron chi connectivity index (χ1n) is 21.9. The number of rotatable bonds is 8. The fourth-order valence-electron chi connectivity index (χ4n) is 9.96. The molecule has 4 saturated heterocycles. The lowest BCUT2D eigenvalue weighted by molar-refractivity contribution is -0.313. The second-order valence-corrected chi connectivity index (χ2v) is 19.0. The monoisotopic (exact) mass is 850 g/mol. The molecule has 15 nitrogen and oxygen atoms in total. The molecule has 4 fully saturated rings. The summed E-state index contributed by atoms with van der Waals surface area (Å²) in [4.78, 5) is 23.2. The number of hydrogen-bond acceptors (Lipinski definition) is 14. The van der Waals surface area contributed by atoms with Gasteiger partial charge in [0, 0.05) is 39.1 Å². The molecule has 5 rings (SSSR count). The second-order valence-electron chi connectivity index (χ2n) is 19.0. The fraction of sp³-hybridized carbons (Fsp3) is 0.822. The van der Waals surface area contributed by atoms with Crippen molar-refractivity contribution in [3.8, 4) is 0 Å². The molecule has 0 saturated carbocycles. The van der Waals surface area contributed by atoms with E-state index in [4.69, 9.17) is 38.2 Å². The Balaban J connectivity index is 1.56. The second kappa shape index (κ2) is 19.5. The van der Waals surface area contributed by atoms with E-state index in [9.17, 15) is 25.2 Å². The summed E-state index contributed by atoms with van der Waals surface area (Å²) < 4.78 is 45.1. The maximum absolute atomic E-state index is 14.4. The largest absolute Gasteiger partial charge is 0.459 e. The Morgan fingerprint density at radius 3 is 2.22 bits per heavy atom. The molecule has 15 heteroatoms. The van der Waals surface area contributed by atoms with Crippen molar-refractivity contribution in [1.29, 1.82) is 0 Å². The van der Waals surface area contributed by atoms with Gasteiger partial charge in [-0.25, -0.2) is 4.99 Å². The maximum atomic E-state index is 14.4. The Kier molecular flexibility index (Phi) is 15.8. The van der Waals surface area contributed by atoms with Crippen molar-refractivity contribution in [3.63, 3.8) is 0 Å². The van der Waals surface area contributed by atoms with E-state index in [0.717, 1.165) is 5.56 Å². The van der Waals surface area contributed by atoms with Crippen LogP contribution in [0.15, 0.2) is 35.3 Å². The van der Waals surface area contributed by atoms with Crippen LogP contribution in [0.4, 0.5) is 0 Å². The first-order chi connectivity index (χ1) is 28.0. The van der Waals surface area contributed by atoms with Gasteiger partial charge in [0.25, 0.3) is 6.02 Å². The van der Waals surface area contributed by atoms with E-state index in [-0.39, 0.29) is 37.3 Å². The van der Waals surface area contributed by atoms with Crippen LogP contribution in [0, 0.1) is 17.8 Å². The number of esters is 1. The molecule has 4 aliphatic rings. The molecule has 0 bridgehead atoms. The van der Waals surface area contributed by atoms with Gasteiger partial charge in [-0.3, -0.25) is 4.79 Å². The van der Waals surface area contributed by atoms with E-state index in [1.807, 2.05) is 81.9 Å². The van der Waals surface area contributed by atoms with Crippen molar-refractivity contribution in [1.82, 2.24) is 9.80 Å². The summed E-state index contributed by atoms with van der Waals surface area (Å²) in [5.41, 5.74) is -3.33. The summed E-state index contributed by atoms with van der Waals surface area (Å²) in [7, 11) is 5.34. The maximum Gasteiger partial charge on any atom is 0.311 e. The van der Waals surface area contributed by atoms with Crippen molar-refractivity contribution in [2.24, 2.45) is 22.7 Å². The number of benzene rings is 1. The van der Waals surface area contributed by atoms with Gasteiger partial charge in [0.15, 0.2) is 18.7 Å². The number of hydrogen-bond donors (Lipinski definition) is 4. The van der Waals surface area contributed by atoms with Crippen molar-refractivity contribution in [2.45, 2.75) is 192 Å². The average molecular weight is 850 g/mol. The summed E-state index contributed by atoms with van der Waals surface area (Å²) in [6.45, 7) is 18.8. The van der Waals surface area contributed by atoms with Gasteiger partial charge in [-0.2, -0.15) is 0 Å². The molecule has 0 amide bonds. The Hall–Kier alpha value is -2.44. The molecule has 0 aliphatic carbocycles. The highest BCUT2D eigenvalue weighted by molar-refractivity contribution is 5.76. The lowest BCUT2D eigenvalue weighted by Crippen LogP contribution is -2.60. The summed E-state index contributed by atoms with van der Waals surface area (Å²) in [5, 5.41) is 47.3. The number of methoxy groups -OCH3 is 1. The minimum Gasteiger partial charge on any atom is -0.459 e. The van der Waals surface area contributed by atoms with E-state index in [0.29, 0.717) is 25.5 Å². The molecule has 0 radical (unpaired) electrons. The van der Waals surface area contributed by atoms with Crippen molar-refractivity contribution in [2.75, 3.05) is 27.7 Å². The zero-order valence-corrected chi connectivity index (χ0v) is 38.2. The molecule has 0 aromatic heterocycles. The molecule has 18 atom stereocenters. The molecule has 1 unspecified atom stereocenters. The number of aliphatic hydroxyl groups excluding tert-OH is 2. The van der Waals surface area contributed by atoms with E-state index in [1.165, 1.54) is 14.0 Å². The Morgan fingerprint density at radius 2 is 1.58 bits per heavy atom. The van der Waals surface area contributed by atoms with Crippen LogP contribution < -0.4 is 0 Å². The topological polar surface area (TPSA) is 181 Å². The number of nitrogens with zero attached hydrogens (tertiary/aromatic N) is 3. The van der Waals surface area contributed by atoms with Crippen molar-refractivity contribution < 1.29 is 58.4 Å². The predicted octanol–water partition coefficient (Wildman–Crippen LogP) is 3.87. The van der Waals surface area contributed by atoms with E-state index >= 15 is 0 Å². The van der Waals surface area contributed by atoms with Gasteiger partial charge < -0.3 is 63.4 Å². The Bertz CT molecular complexity index is 1580. The summed E-state index contributed by atoms with van der Waals surface area (Å²) in [5.74, 6) is -2.54. The van der Waals surface area contributed by atoms with Crippen LogP contribution in [0.5, 0.6) is 0 Å². The summed E-state index contributed by atoms with van der Waals surface area (Å²) in [6, 6.07) is 9.74. The van der Waals surface area contributed by atoms with Gasteiger partial charge >= 0.3 is 5.97 Å². The highest BCUT2D eigenvalue weighted by Gasteiger charge is 2.54. The molecule has 60 heavy (non-hydrogen) atoms. The number of amidine groups is 1. The van der Waals surface area contributed by atoms with Crippen molar-refractivity contribution >= 4 is 12.0 Å².